The van der Waals surface area contributed by atoms with Gasteiger partial charge in [0.15, 0.2) is 0 Å². The molecule has 1 N–H and O–H groups in total. The van der Waals surface area contributed by atoms with Gasteiger partial charge in [0, 0.05) is 17.5 Å². The summed E-state index contributed by atoms with van der Waals surface area (Å²) >= 11 is 5.84. The molecule has 0 fully saturated rings. The molecule has 1 aromatic carbocycles. The van der Waals surface area contributed by atoms with E-state index in [2.05, 4.69) is 0 Å². The molecular weight excluding hydrogens is 290 g/mol. The maximum absolute atomic E-state index is 12.2. The zero-order valence-electron chi connectivity index (χ0n) is 12.7. The molecule has 0 saturated carbocycles. The van der Waals surface area contributed by atoms with Gasteiger partial charge in [-0.1, -0.05) is 30.7 Å². The van der Waals surface area contributed by atoms with Crippen LogP contribution in [0.15, 0.2) is 24.3 Å². The number of carbonyl (C=O) groups excluding carboxylic acids is 1. The summed E-state index contributed by atoms with van der Waals surface area (Å²) in [4.78, 5) is 24.4. The second-order valence-electron chi connectivity index (χ2n) is 5.65. The molecule has 0 heterocycles. The molecule has 21 heavy (non-hydrogen) atoms. The molecule has 1 rings (SSSR count). The minimum Gasteiger partial charge on any atom is -0.480 e. The fourth-order valence-electron chi connectivity index (χ4n) is 2.21. The Labute approximate surface area is 130 Å². The number of amides is 1. The predicted molar refractivity (Wildman–Crippen MR) is 83.4 cm³/mol. The van der Waals surface area contributed by atoms with E-state index in [1.54, 1.807) is 0 Å². The summed E-state index contributed by atoms with van der Waals surface area (Å²) < 4.78 is 0. The standard InChI is InChI=1S/C16H22ClNO3/c1-11(2)18(10-16(20)21)15(19)9-12(3)8-13-4-6-14(17)7-5-13/h4-7,11-12H,8-10H2,1-3H3,(H,20,21). The van der Waals surface area contributed by atoms with Crippen molar-refractivity contribution in [3.05, 3.63) is 34.9 Å². The van der Waals surface area contributed by atoms with Gasteiger partial charge in [0.2, 0.25) is 5.91 Å². The Hall–Kier alpha value is -1.55. The SMILES string of the molecule is CC(CC(=O)N(CC(=O)O)C(C)C)Cc1ccc(Cl)cc1. The molecule has 0 bridgehead atoms. The van der Waals surface area contributed by atoms with Crippen molar-refractivity contribution in [3.8, 4) is 0 Å². The van der Waals surface area contributed by atoms with E-state index in [1.165, 1.54) is 4.90 Å². The summed E-state index contributed by atoms with van der Waals surface area (Å²) in [7, 11) is 0. The van der Waals surface area contributed by atoms with Crippen LogP contribution in [-0.4, -0.2) is 34.5 Å². The first-order valence-electron chi connectivity index (χ1n) is 7.05. The summed E-state index contributed by atoms with van der Waals surface area (Å²) in [6.07, 6.45) is 1.11. The van der Waals surface area contributed by atoms with Crippen molar-refractivity contribution in [1.82, 2.24) is 4.90 Å². The Bertz CT molecular complexity index is 485. The predicted octanol–water partition coefficient (Wildman–Crippen LogP) is 3.23. The van der Waals surface area contributed by atoms with Crippen LogP contribution in [0.2, 0.25) is 5.02 Å². The lowest BCUT2D eigenvalue weighted by atomic mass is 9.97. The lowest BCUT2D eigenvalue weighted by Crippen LogP contribution is -2.41. The number of aliphatic carboxylic acids is 1. The van der Waals surface area contributed by atoms with E-state index in [9.17, 15) is 9.59 Å². The topological polar surface area (TPSA) is 57.6 Å². The Morgan fingerprint density at radius 3 is 2.24 bits per heavy atom. The average Bonchev–Trinajstić information content (AvgIpc) is 2.38. The van der Waals surface area contributed by atoms with Gasteiger partial charge in [-0.2, -0.15) is 0 Å². The molecule has 0 aromatic heterocycles. The molecular formula is C16H22ClNO3. The third kappa shape index (κ3) is 6.17. The summed E-state index contributed by atoms with van der Waals surface area (Å²) in [6.45, 7) is 5.39. The average molecular weight is 312 g/mol. The van der Waals surface area contributed by atoms with Gasteiger partial charge < -0.3 is 10.0 Å². The number of hydrogen-bond donors (Lipinski definition) is 1. The van der Waals surface area contributed by atoms with Crippen LogP contribution in [-0.2, 0) is 16.0 Å². The van der Waals surface area contributed by atoms with Crippen LogP contribution in [0.5, 0.6) is 0 Å². The van der Waals surface area contributed by atoms with E-state index in [0.717, 1.165) is 12.0 Å². The van der Waals surface area contributed by atoms with Crippen molar-refractivity contribution in [2.75, 3.05) is 6.54 Å². The quantitative estimate of drug-likeness (QED) is 0.841. The summed E-state index contributed by atoms with van der Waals surface area (Å²) in [5.74, 6) is -0.954. The van der Waals surface area contributed by atoms with E-state index in [0.29, 0.717) is 11.4 Å². The van der Waals surface area contributed by atoms with E-state index in [1.807, 2.05) is 45.0 Å². The first kappa shape index (κ1) is 17.5. The molecule has 116 valence electrons. The number of carboxylic acid groups (broad SMARTS) is 1. The van der Waals surface area contributed by atoms with Crippen LogP contribution in [0.1, 0.15) is 32.8 Å². The first-order valence-corrected chi connectivity index (χ1v) is 7.43. The number of carbonyl (C=O) groups is 2. The second kappa shape index (κ2) is 8.03. The third-order valence-electron chi connectivity index (χ3n) is 3.27. The molecule has 0 aliphatic carbocycles. The lowest BCUT2D eigenvalue weighted by Gasteiger charge is -2.26. The first-order chi connectivity index (χ1) is 9.79. The molecule has 1 unspecified atom stereocenters. The minimum absolute atomic E-state index is 0.115. The normalized spacial score (nSPS) is 12.2. The molecule has 0 saturated heterocycles. The molecule has 0 aliphatic rings. The van der Waals surface area contributed by atoms with Crippen molar-refractivity contribution >= 4 is 23.5 Å². The molecule has 0 radical (unpaired) electrons. The Morgan fingerprint density at radius 1 is 1.19 bits per heavy atom. The molecule has 0 spiro atoms. The summed E-state index contributed by atoms with van der Waals surface area (Å²) in [5, 5.41) is 9.56. The Morgan fingerprint density at radius 2 is 1.76 bits per heavy atom. The molecule has 1 aromatic rings. The van der Waals surface area contributed by atoms with Crippen molar-refractivity contribution in [2.24, 2.45) is 5.92 Å². The highest BCUT2D eigenvalue weighted by atomic mass is 35.5. The monoisotopic (exact) mass is 311 g/mol. The van der Waals surface area contributed by atoms with Gasteiger partial charge in [0.1, 0.15) is 6.54 Å². The van der Waals surface area contributed by atoms with Gasteiger partial charge in [-0.3, -0.25) is 9.59 Å². The smallest absolute Gasteiger partial charge is 0.323 e. The lowest BCUT2D eigenvalue weighted by molar-refractivity contribution is -0.146. The van der Waals surface area contributed by atoms with Crippen molar-refractivity contribution in [2.45, 2.75) is 39.7 Å². The van der Waals surface area contributed by atoms with Crippen LogP contribution in [0, 0.1) is 5.92 Å². The van der Waals surface area contributed by atoms with Gasteiger partial charge >= 0.3 is 5.97 Å². The molecule has 1 amide bonds. The van der Waals surface area contributed by atoms with Crippen LogP contribution < -0.4 is 0 Å². The highest BCUT2D eigenvalue weighted by molar-refractivity contribution is 6.30. The van der Waals surface area contributed by atoms with Crippen molar-refractivity contribution in [1.29, 1.82) is 0 Å². The highest BCUT2D eigenvalue weighted by Gasteiger charge is 2.21. The number of hydrogen-bond acceptors (Lipinski definition) is 2. The van der Waals surface area contributed by atoms with Crippen molar-refractivity contribution in [3.63, 3.8) is 0 Å². The molecule has 4 nitrogen and oxygen atoms in total. The third-order valence-corrected chi connectivity index (χ3v) is 3.52. The van der Waals surface area contributed by atoms with E-state index < -0.39 is 5.97 Å². The van der Waals surface area contributed by atoms with Crippen LogP contribution in [0.4, 0.5) is 0 Å². The number of nitrogens with zero attached hydrogens (tertiary/aromatic N) is 1. The second-order valence-corrected chi connectivity index (χ2v) is 6.09. The van der Waals surface area contributed by atoms with Gasteiger partial charge in [0.25, 0.3) is 0 Å². The van der Waals surface area contributed by atoms with Crippen molar-refractivity contribution < 1.29 is 14.7 Å². The van der Waals surface area contributed by atoms with Crippen LogP contribution in [0.25, 0.3) is 0 Å². The van der Waals surface area contributed by atoms with Gasteiger partial charge in [-0.15, -0.1) is 0 Å². The number of benzene rings is 1. The molecule has 5 heteroatoms. The highest BCUT2D eigenvalue weighted by Crippen LogP contribution is 2.16. The van der Waals surface area contributed by atoms with E-state index in [-0.39, 0.29) is 24.4 Å². The zero-order valence-corrected chi connectivity index (χ0v) is 13.4. The maximum atomic E-state index is 12.2. The number of rotatable bonds is 7. The Balaban J connectivity index is 2.59. The van der Waals surface area contributed by atoms with E-state index >= 15 is 0 Å². The summed E-state index contributed by atoms with van der Waals surface area (Å²) in [5.41, 5.74) is 1.12. The minimum atomic E-state index is -0.984. The van der Waals surface area contributed by atoms with Gasteiger partial charge in [-0.25, -0.2) is 0 Å². The number of halogens is 1. The van der Waals surface area contributed by atoms with Gasteiger partial charge in [-0.05, 0) is 43.9 Å². The van der Waals surface area contributed by atoms with Gasteiger partial charge in [0.05, 0.1) is 0 Å². The van der Waals surface area contributed by atoms with Crippen LogP contribution >= 0.6 is 11.6 Å². The zero-order chi connectivity index (χ0) is 16.0. The molecule has 1 atom stereocenters. The fourth-order valence-corrected chi connectivity index (χ4v) is 2.34. The van der Waals surface area contributed by atoms with E-state index in [4.69, 9.17) is 16.7 Å². The fraction of sp³-hybridized carbons (Fsp3) is 0.500. The maximum Gasteiger partial charge on any atom is 0.323 e. The number of carboxylic acids is 1. The summed E-state index contributed by atoms with van der Waals surface area (Å²) in [6, 6.07) is 7.44. The largest absolute Gasteiger partial charge is 0.480 e. The molecule has 0 aliphatic heterocycles. The van der Waals surface area contributed by atoms with Crippen LogP contribution in [0.3, 0.4) is 0 Å². The Kier molecular flexibility index (Phi) is 6.69.